The molecule has 1 heterocycles. The van der Waals surface area contributed by atoms with Crippen LogP contribution in [-0.4, -0.2) is 31.4 Å². The van der Waals surface area contributed by atoms with E-state index in [1.165, 1.54) is 6.42 Å². The first kappa shape index (κ1) is 14.5. The fraction of sp³-hybridized carbons (Fsp3) is 0.467. The van der Waals surface area contributed by atoms with Crippen molar-refractivity contribution in [2.75, 3.05) is 18.9 Å². The van der Waals surface area contributed by atoms with Gasteiger partial charge in [-0.3, -0.25) is 9.59 Å². The molecule has 5 heteroatoms. The third kappa shape index (κ3) is 3.81. The summed E-state index contributed by atoms with van der Waals surface area (Å²) in [5.41, 5.74) is 1.30. The van der Waals surface area contributed by atoms with Crippen LogP contribution in [0.5, 0.6) is 0 Å². The monoisotopic (exact) mass is 275 g/mol. The zero-order chi connectivity index (χ0) is 14.4. The van der Waals surface area contributed by atoms with Crippen molar-refractivity contribution in [2.45, 2.75) is 31.7 Å². The van der Waals surface area contributed by atoms with E-state index in [9.17, 15) is 9.59 Å². The molecular weight excluding hydrogens is 254 g/mol. The van der Waals surface area contributed by atoms with E-state index in [4.69, 9.17) is 0 Å². The highest BCUT2D eigenvalue weighted by Gasteiger charge is 2.19. The molecule has 2 amide bonds. The van der Waals surface area contributed by atoms with E-state index in [2.05, 4.69) is 16.0 Å². The van der Waals surface area contributed by atoms with E-state index in [0.717, 1.165) is 25.8 Å². The Labute approximate surface area is 119 Å². The molecule has 0 bridgehead atoms. The van der Waals surface area contributed by atoms with Crippen LogP contribution in [0.1, 0.15) is 36.0 Å². The van der Waals surface area contributed by atoms with Crippen LogP contribution in [0.2, 0.25) is 0 Å². The Morgan fingerprint density at radius 2 is 1.90 bits per heavy atom. The Bertz CT molecular complexity index is 463. The zero-order valence-corrected chi connectivity index (χ0v) is 11.7. The first-order valence-corrected chi connectivity index (χ1v) is 7.07. The molecule has 1 aromatic rings. The number of rotatable bonds is 3. The quantitative estimate of drug-likeness (QED) is 0.783. The maximum atomic E-state index is 12.1. The second-order valence-electron chi connectivity index (χ2n) is 5.00. The van der Waals surface area contributed by atoms with Gasteiger partial charge in [0.15, 0.2) is 0 Å². The lowest BCUT2D eigenvalue weighted by molar-refractivity contribution is -0.118. The lowest BCUT2D eigenvalue weighted by Gasteiger charge is -2.15. The van der Waals surface area contributed by atoms with E-state index >= 15 is 0 Å². The highest BCUT2D eigenvalue weighted by atomic mass is 16.2. The SMILES string of the molecule is CNC(=O)c1ccc(NC(=O)C2CCCCCN2)cc1. The van der Waals surface area contributed by atoms with Gasteiger partial charge in [-0.2, -0.15) is 0 Å². The van der Waals surface area contributed by atoms with Gasteiger partial charge >= 0.3 is 0 Å². The summed E-state index contributed by atoms with van der Waals surface area (Å²) in [7, 11) is 1.59. The highest BCUT2D eigenvalue weighted by molar-refractivity contribution is 5.97. The fourth-order valence-electron chi connectivity index (χ4n) is 2.33. The third-order valence-electron chi connectivity index (χ3n) is 3.52. The van der Waals surface area contributed by atoms with Crippen LogP contribution in [-0.2, 0) is 4.79 Å². The topological polar surface area (TPSA) is 70.2 Å². The number of carbonyl (C=O) groups excluding carboxylic acids is 2. The van der Waals surface area contributed by atoms with Crippen LogP contribution >= 0.6 is 0 Å². The van der Waals surface area contributed by atoms with E-state index < -0.39 is 0 Å². The average Bonchev–Trinajstić information content (AvgIpc) is 2.76. The predicted molar refractivity (Wildman–Crippen MR) is 78.7 cm³/mol. The van der Waals surface area contributed by atoms with Crippen molar-refractivity contribution in [2.24, 2.45) is 0 Å². The zero-order valence-electron chi connectivity index (χ0n) is 11.7. The Morgan fingerprint density at radius 1 is 1.15 bits per heavy atom. The van der Waals surface area contributed by atoms with E-state index in [1.54, 1.807) is 31.3 Å². The molecule has 0 spiro atoms. The first-order valence-electron chi connectivity index (χ1n) is 7.07. The maximum absolute atomic E-state index is 12.1. The average molecular weight is 275 g/mol. The molecule has 3 N–H and O–H groups in total. The van der Waals surface area contributed by atoms with E-state index in [0.29, 0.717) is 11.3 Å². The fourth-order valence-corrected chi connectivity index (χ4v) is 2.33. The Hall–Kier alpha value is -1.88. The molecule has 0 radical (unpaired) electrons. The molecular formula is C15H21N3O2. The first-order chi connectivity index (χ1) is 9.70. The summed E-state index contributed by atoms with van der Waals surface area (Å²) < 4.78 is 0. The van der Waals surface area contributed by atoms with Crippen LogP contribution < -0.4 is 16.0 Å². The van der Waals surface area contributed by atoms with Gasteiger partial charge in [0.25, 0.3) is 5.91 Å². The van der Waals surface area contributed by atoms with E-state index in [1.807, 2.05) is 0 Å². The van der Waals surface area contributed by atoms with Gasteiger partial charge in [-0.15, -0.1) is 0 Å². The molecule has 1 saturated heterocycles. The Morgan fingerprint density at radius 3 is 2.60 bits per heavy atom. The molecule has 1 aliphatic rings. The minimum atomic E-state index is -0.131. The Kier molecular flexibility index (Phi) is 5.12. The molecule has 2 rings (SSSR count). The van der Waals surface area contributed by atoms with Crippen LogP contribution in [0, 0.1) is 0 Å². The molecule has 0 saturated carbocycles. The molecule has 1 atom stereocenters. The molecule has 0 aromatic heterocycles. The number of nitrogens with one attached hydrogen (secondary N) is 3. The molecule has 20 heavy (non-hydrogen) atoms. The summed E-state index contributed by atoms with van der Waals surface area (Å²) in [6.07, 6.45) is 4.27. The molecule has 0 aliphatic carbocycles. The lowest BCUT2D eigenvalue weighted by atomic mass is 10.1. The van der Waals surface area contributed by atoms with Crippen molar-refractivity contribution >= 4 is 17.5 Å². The standard InChI is InChI=1S/C15H21N3O2/c1-16-14(19)11-6-8-12(9-7-11)18-15(20)13-5-3-2-4-10-17-13/h6-9,13,17H,2-5,10H2,1H3,(H,16,19)(H,18,20). The predicted octanol–water partition coefficient (Wildman–Crippen LogP) is 1.52. The maximum Gasteiger partial charge on any atom is 0.251 e. The molecule has 1 aromatic carbocycles. The number of hydrogen-bond donors (Lipinski definition) is 3. The van der Waals surface area contributed by atoms with Crippen LogP contribution in [0.4, 0.5) is 5.69 Å². The van der Waals surface area contributed by atoms with Gasteiger partial charge in [0, 0.05) is 18.3 Å². The van der Waals surface area contributed by atoms with Crippen molar-refractivity contribution in [1.82, 2.24) is 10.6 Å². The minimum absolute atomic E-state index is 0.000377. The summed E-state index contributed by atoms with van der Waals surface area (Å²) in [4.78, 5) is 23.6. The summed E-state index contributed by atoms with van der Waals surface area (Å²) >= 11 is 0. The second kappa shape index (κ2) is 7.05. The highest BCUT2D eigenvalue weighted by Crippen LogP contribution is 2.13. The number of hydrogen-bond acceptors (Lipinski definition) is 3. The van der Waals surface area contributed by atoms with Gasteiger partial charge in [-0.05, 0) is 43.7 Å². The lowest BCUT2D eigenvalue weighted by Crippen LogP contribution is -2.39. The van der Waals surface area contributed by atoms with Crippen LogP contribution in [0.15, 0.2) is 24.3 Å². The van der Waals surface area contributed by atoms with Gasteiger partial charge in [-0.1, -0.05) is 12.8 Å². The van der Waals surface area contributed by atoms with E-state index in [-0.39, 0.29) is 17.9 Å². The second-order valence-corrected chi connectivity index (χ2v) is 5.00. The van der Waals surface area contributed by atoms with Gasteiger partial charge in [0.05, 0.1) is 6.04 Å². The number of carbonyl (C=O) groups is 2. The van der Waals surface area contributed by atoms with Crippen LogP contribution in [0.25, 0.3) is 0 Å². The van der Waals surface area contributed by atoms with Crippen molar-refractivity contribution in [1.29, 1.82) is 0 Å². The van der Waals surface area contributed by atoms with Crippen molar-refractivity contribution < 1.29 is 9.59 Å². The van der Waals surface area contributed by atoms with Crippen LogP contribution in [0.3, 0.4) is 0 Å². The third-order valence-corrected chi connectivity index (χ3v) is 3.52. The molecule has 1 unspecified atom stereocenters. The molecule has 1 fully saturated rings. The summed E-state index contributed by atoms with van der Waals surface area (Å²) in [6.45, 7) is 0.897. The largest absolute Gasteiger partial charge is 0.355 e. The van der Waals surface area contributed by atoms with Gasteiger partial charge in [0.1, 0.15) is 0 Å². The number of benzene rings is 1. The Balaban J connectivity index is 1.95. The summed E-state index contributed by atoms with van der Waals surface area (Å²) in [6, 6.07) is 6.79. The molecule has 108 valence electrons. The summed E-state index contributed by atoms with van der Waals surface area (Å²) in [5.74, 6) is -0.132. The van der Waals surface area contributed by atoms with Gasteiger partial charge in [0.2, 0.25) is 5.91 Å². The minimum Gasteiger partial charge on any atom is -0.355 e. The van der Waals surface area contributed by atoms with Gasteiger partial charge in [-0.25, -0.2) is 0 Å². The van der Waals surface area contributed by atoms with Crippen molar-refractivity contribution in [3.63, 3.8) is 0 Å². The molecule has 5 nitrogen and oxygen atoms in total. The molecule has 1 aliphatic heterocycles. The number of anilines is 1. The normalized spacial score (nSPS) is 18.9. The summed E-state index contributed by atoms with van der Waals surface area (Å²) in [5, 5.41) is 8.72. The van der Waals surface area contributed by atoms with Gasteiger partial charge < -0.3 is 16.0 Å². The number of amides is 2. The smallest absolute Gasteiger partial charge is 0.251 e. The van der Waals surface area contributed by atoms with Crippen molar-refractivity contribution in [3.05, 3.63) is 29.8 Å². The van der Waals surface area contributed by atoms with Crippen molar-refractivity contribution in [3.8, 4) is 0 Å².